The van der Waals surface area contributed by atoms with Crippen molar-refractivity contribution in [2.45, 2.75) is 52.6 Å². The van der Waals surface area contributed by atoms with E-state index >= 15 is 0 Å². The van der Waals surface area contributed by atoms with E-state index < -0.39 is 0 Å². The van der Waals surface area contributed by atoms with Gasteiger partial charge in [-0.15, -0.1) is 0 Å². The van der Waals surface area contributed by atoms with Gasteiger partial charge in [0.15, 0.2) is 0 Å². The van der Waals surface area contributed by atoms with Crippen molar-refractivity contribution in [1.29, 1.82) is 0 Å². The normalized spacial score (nSPS) is 12.5. The van der Waals surface area contributed by atoms with Gasteiger partial charge in [0, 0.05) is 19.0 Å². The molecule has 0 aliphatic carbocycles. The molecule has 2 rings (SSSR count). The van der Waals surface area contributed by atoms with Crippen LogP contribution in [0, 0.1) is 0 Å². The largest absolute Gasteiger partial charge is 0.310 e. The lowest BCUT2D eigenvalue weighted by Gasteiger charge is -2.21. The van der Waals surface area contributed by atoms with Crippen LogP contribution in [-0.2, 0) is 19.4 Å². The minimum atomic E-state index is 0.297. The third-order valence-corrected chi connectivity index (χ3v) is 3.78. The van der Waals surface area contributed by atoms with Crippen molar-refractivity contribution in [3.63, 3.8) is 0 Å². The van der Waals surface area contributed by atoms with E-state index in [0.717, 1.165) is 38.2 Å². The van der Waals surface area contributed by atoms with E-state index in [0.29, 0.717) is 6.04 Å². The van der Waals surface area contributed by atoms with Gasteiger partial charge in [0.1, 0.15) is 12.2 Å². The number of hydrogen-bond acceptors (Lipinski definition) is 3. The Kier molecular flexibility index (Phi) is 5.93. The second-order valence-corrected chi connectivity index (χ2v) is 5.27. The Labute approximate surface area is 127 Å². The quantitative estimate of drug-likeness (QED) is 0.810. The fourth-order valence-corrected chi connectivity index (χ4v) is 2.76. The first-order valence-electron chi connectivity index (χ1n) is 7.97. The zero-order chi connectivity index (χ0) is 15.1. The van der Waals surface area contributed by atoms with E-state index in [-0.39, 0.29) is 0 Å². The number of hydrogen-bond donors (Lipinski definition) is 1. The molecule has 1 N–H and O–H groups in total. The predicted octanol–water partition coefficient (Wildman–Crippen LogP) is 3.14. The molecule has 21 heavy (non-hydrogen) atoms. The van der Waals surface area contributed by atoms with Gasteiger partial charge in [-0.25, -0.2) is 4.98 Å². The van der Waals surface area contributed by atoms with Gasteiger partial charge >= 0.3 is 0 Å². The van der Waals surface area contributed by atoms with Crippen molar-refractivity contribution in [2.75, 3.05) is 6.54 Å². The highest BCUT2D eigenvalue weighted by Crippen LogP contribution is 2.22. The molecule has 0 radical (unpaired) electrons. The molecule has 0 spiro atoms. The average molecular weight is 286 g/mol. The highest BCUT2D eigenvalue weighted by atomic mass is 15.3. The van der Waals surface area contributed by atoms with Crippen LogP contribution in [0.3, 0.4) is 0 Å². The molecule has 1 atom stereocenters. The third kappa shape index (κ3) is 3.91. The maximum Gasteiger partial charge on any atom is 0.138 e. The van der Waals surface area contributed by atoms with Crippen LogP contribution in [0.5, 0.6) is 0 Å². The molecule has 4 nitrogen and oxygen atoms in total. The first-order valence-corrected chi connectivity index (χ1v) is 7.97. The molecule has 1 aromatic carbocycles. The van der Waals surface area contributed by atoms with Crippen LogP contribution in [0.2, 0.25) is 0 Å². The second-order valence-electron chi connectivity index (χ2n) is 5.27. The topological polar surface area (TPSA) is 42.7 Å². The van der Waals surface area contributed by atoms with Crippen molar-refractivity contribution in [2.24, 2.45) is 0 Å². The molecule has 0 aliphatic heterocycles. The molecule has 114 valence electrons. The second kappa shape index (κ2) is 7.93. The number of nitrogens with zero attached hydrogens (tertiary/aromatic N) is 3. The molecule has 0 bridgehead atoms. The number of nitrogens with one attached hydrogen (secondary N) is 1. The Morgan fingerprint density at radius 1 is 1.19 bits per heavy atom. The molecular weight excluding hydrogens is 260 g/mol. The summed E-state index contributed by atoms with van der Waals surface area (Å²) < 4.78 is 2.03. The highest BCUT2D eigenvalue weighted by molar-refractivity contribution is 5.30. The predicted molar refractivity (Wildman–Crippen MR) is 86.3 cm³/mol. The van der Waals surface area contributed by atoms with Crippen molar-refractivity contribution in [1.82, 2.24) is 20.1 Å². The number of aryl methyl sites for hydroxylation is 2. The fourth-order valence-electron chi connectivity index (χ4n) is 2.76. The number of aromatic nitrogens is 3. The first kappa shape index (κ1) is 15.7. The smallest absolute Gasteiger partial charge is 0.138 e. The minimum absolute atomic E-state index is 0.297. The summed E-state index contributed by atoms with van der Waals surface area (Å²) in [5.41, 5.74) is 2.79. The summed E-state index contributed by atoms with van der Waals surface area (Å²) >= 11 is 0. The lowest BCUT2D eigenvalue weighted by Crippen LogP contribution is -2.25. The Morgan fingerprint density at radius 2 is 2.00 bits per heavy atom. The van der Waals surface area contributed by atoms with E-state index in [1.165, 1.54) is 11.1 Å². The van der Waals surface area contributed by atoms with Crippen molar-refractivity contribution < 1.29 is 0 Å². The average Bonchev–Trinajstić information content (AvgIpc) is 2.94. The van der Waals surface area contributed by atoms with Crippen LogP contribution in [0.4, 0.5) is 0 Å². The van der Waals surface area contributed by atoms with Gasteiger partial charge in [-0.3, -0.25) is 4.68 Å². The molecular formula is C17H26N4. The summed E-state index contributed by atoms with van der Waals surface area (Å²) in [7, 11) is 0. The minimum Gasteiger partial charge on any atom is -0.310 e. The van der Waals surface area contributed by atoms with Crippen molar-refractivity contribution in [3.8, 4) is 0 Å². The fraction of sp³-hybridized carbons (Fsp3) is 0.529. The van der Waals surface area contributed by atoms with Gasteiger partial charge < -0.3 is 5.32 Å². The van der Waals surface area contributed by atoms with Crippen LogP contribution in [-0.4, -0.2) is 21.3 Å². The van der Waals surface area contributed by atoms with E-state index in [1.807, 2.05) is 4.68 Å². The molecule has 1 unspecified atom stereocenters. The number of benzene rings is 1. The van der Waals surface area contributed by atoms with Gasteiger partial charge in [-0.05, 0) is 30.5 Å². The maximum absolute atomic E-state index is 4.45. The number of rotatable bonds is 8. The summed E-state index contributed by atoms with van der Waals surface area (Å²) in [6.45, 7) is 8.41. The summed E-state index contributed by atoms with van der Waals surface area (Å²) in [6.07, 6.45) is 4.68. The van der Waals surface area contributed by atoms with Crippen LogP contribution < -0.4 is 5.32 Å². The lowest BCUT2D eigenvalue weighted by molar-refractivity contribution is 0.496. The van der Waals surface area contributed by atoms with Gasteiger partial charge in [0.25, 0.3) is 0 Å². The Morgan fingerprint density at radius 3 is 2.71 bits per heavy atom. The monoisotopic (exact) mass is 286 g/mol. The van der Waals surface area contributed by atoms with E-state index in [2.05, 4.69) is 60.4 Å². The van der Waals surface area contributed by atoms with Crippen molar-refractivity contribution in [3.05, 3.63) is 47.5 Å². The first-order chi connectivity index (χ1) is 10.3. The van der Waals surface area contributed by atoms with Crippen LogP contribution >= 0.6 is 0 Å². The van der Waals surface area contributed by atoms with Crippen LogP contribution in [0.1, 0.15) is 50.2 Å². The SMILES string of the molecule is CCCn1ncnc1CC(NCC)c1ccccc1CC. The van der Waals surface area contributed by atoms with Crippen LogP contribution in [0.25, 0.3) is 0 Å². The molecule has 0 fully saturated rings. The molecule has 0 saturated carbocycles. The van der Waals surface area contributed by atoms with Crippen LogP contribution in [0.15, 0.2) is 30.6 Å². The summed E-state index contributed by atoms with van der Waals surface area (Å²) in [4.78, 5) is 4.45. The van der Waals surface area contributed by atoms with Gasteiger partial charge in [0.05, 0.1) is 0 Å². The van der Waals surface area contributed by atoms with E-state index in [1.54, 1.807) is 6.33 Å². The molecule has 0 amide bonds. The summed E-state index contributed by atoms with van der Waals surface area (Å²) in [5, 5.41) is 7.93. The molecule has 0 saturated heterocycles. The molecule has 4 heteroatoms. The number of likely N-dealkylation sites (N-methyl/N-ethyl adjacent to an activating group) is 1. The zero-order valence-electron chi connectivity index (χ0n) is 13.3. The third-order valence-electron chi connectivity index (χ3n) is 3.78. The maximum atomic E-state index is 4.45. The summed E-state index contributed by atoms with van der Waals surface area (Å²) in [5.74, 6) is 1.06. The molecule has 1 aromatic heterocycles. The standard InChI is InChI=1S/C17H26N4/c1-4-11-21-17(19-13-20-21)12-16(18-6-3)15-10-8-7-9-14(15)5-2/h7-10,13,16,18H,4-6,11-12H2,1-3H3. The van der Waals surface area contributed by atoms with E-state index in [9.17, 15) is 0 Å². The Bertz CT molecular complexity index is 547. The van der Waals surface area contributed by atoms with E-state index in [4.69, 9.17) is 0 Å². The lowest BCUT2D eigenvalue weighted by atomic mass is 9.96. The van der Waals surface area contributed by atoms with Crippen molar-refractivity contribution >= 4 is 0 Å². The van der Waals surface area contributed by atoms with Gasteiger partial charge in [0.2, 0.25) is 0 Å². The molecule has 1 heterocycles. The van der Waals surface area contributed by atoms with Gasteiger partial charge in [-0.1, -0.05) is 45.0 Å². The van der Waals surface area contributed by atoms with Gasteiger partial charge in [-0.2, -0.15) is 5.10 Å². The Balaban J connectivity index is 2.24. The highest BCUT2D eigenvalue weighted by Gasteiger charge is 2.17. The summed E-state index contributed by atoms with van der Waals surface area (Å²) in [6, 6.07) is 8.98. The molecule has 0 aliphatic rings. The molecule has 2 aromatic rings. The Hall–Kier alpha value is -1.68. The zero-order valence-corrected chi connectivity index (χ0v) is 13.3.